The zero-order valence-electron chi connectivity index (χ0n) is 7.60. The fourth-order valence-electron chi connectivity index (χ4n) is 0.528. The summed E-state index contributed by atoms with van der Waals surface area (Å²) in [6.07, 6.45) is 0. The number of para-hydroxylation sites is 1. The van der Waals surface area contributed by atoms with E-state index in [4.69, 9.17) is 4.11 Å². The molecule has 0 atom stereocenters. The van der Waals surface area contributed by atoms with Gasteiger partial charge in [0, 0.05) is 0 Å². The lowest BCUT2D eigenvalue weighted by Crippen LogP contribution is -1.81. The van der Waals surface area contributed by atoms with E-state index in [1.165, 1.54) is 0 Å². The molecule has 0 bridgehead atoms. The fourth-order valence-corrected chi connectivity index (χ4v) is 0.893. The Balaban J connectivity index is 2.83. The summed E-state index contributed by atoms with van der Waals surface area (Å²) in [4.78, 5) is 0. The summed E-state index contributed by atoms with van der Waals surface area (Å²) in [6.45, 7) is 0. The van der Waals surface area contributed by atoms with E-state index in [1.807, 2.05) is 0 Å². The Morgan fingerprint density at radius 1 is 1.56 bits per heavy atom. The minimum absolute atomic E-state index is 0.331. The van der Waals surface area contributed by atoms with Crippen LogP contribution in [0.2, 0.25) is 0 Å². The molecule has 9 heavy (non-hydrogen) atoms. The van der Waals surface area contributed by atoms with Gasteiger partial charge in [-0.25, -0.2) is 0 Å². The SMILES string of the molecule is [2H][13C]([2H])([2H])Oc1ccccc1Br. The summed E-state index contributed by atoms with van der Waals surface area (Å²) in [7, 11) is -2.39. The van der Waals surface area contributed by atoms with Crippen molar-refractivity contribution in [1.29, 1.82) is 0 Å². The summed E-state index contributed by atoms with van der Waals surface area (Å²) >= 11 is 3.17. The summed E-state index contributed by atoms with van der Waals surface area (Å²) in [5, 5.41) is 0. The fraction of sp³-hybridized carbons (Fsp3) is 0.143. The summed E-state index contributed by atoms with van der Waals surface area (Å²) < 4.78 is 25.9. The Kier molecular flexibility index (Phi) is 1.15. The van der Waals surface area contributed by atoms with Gasteiger partial charge in [0.2, 0.25) is 0 Å². The van der Waals surface area contributed by atoms with Crippen molar-refractivity contribution < 1.29 is 8.85 Å². The van der Waals surface area contributed by atoms with Gasteiger partial charge in [0.15, 0.2) is 0 Å². The van der Waals surface area contributed by atoms with Crippen molar-refractivity contribution in [2.75, 3.05) is 7.04 Å². The standard InChI is InChI=1S/C7H7BrO/c1-9-7-5-3-2-4-6(7)8/h2-5H,1H3/i1+1D3. The lowest BCUT2D eigenvalue weighted by atomic mass is 10.3. The average Bonchev–Trinajstić information content (AvgIpc) is 1.91. The van der Waals surface area contributed by atoms with Gasteiger partial charge in [0.05, 0.1) is 15.6 Å². The molecule has 0 saturated heterocycles. The Labute approximate surface area is 67.0 Å². The second-order valence-corrected chi connectivity index (χ2v) is 2.39. The second-order valence-electron chi connectivity index (χ2n) is 1.53. The lowest BCUT2D eigenvalue weighted by molar-refractivity contribution is 0.412. The van der Waals surface area contributed by atoms with Gasteiger partial charge in [-0.15, -0.1) is 0 Å². The molecule has 0 amide bonds. The van der Waals surface area contributed by atoms with Gasteiger partial charge in [-0.1, -0.05) is 12.1 Å². The van der Waals surface area contributed by atoms with Gasteiger partial charge in [0.1, 0.15) is 5.75 Å². The van der Waals surface area contributed by atoms with E-state index in [0.29, 0.717) is 10.2 Å². The number of ether oxygens (including phenoxy) is 1. The van der Waals surface area contributed by atoms with Crippen LogP contribution in [0.25, 0.3) is 0 Å². The molecular weight excluding hydrogens is 181 g/mol. The molecule has 48 valence electrons. The van der Waals surface area contributed by atoms with Crippen LogP contribution in [-0.4, -0.2) is 7.04 Å². The van der Waals surface area contributed by atoms with E-state index in [2.05, 4.69) is 20.7 Å². The molecule has 1 rings (SSSR count). The number of hydrogen-bond acceptors (Lipinski definition) is 1. The third kappa shape index (κ3) is 1.45. The van der Waals surface area contributed by atoms with Crippen LogP contribution in [0, 0.1) is 0 Å². The monoisotopic (exact) mass is 190 g/mol. The van der Waals surface area contributed by atoms with E-state index >= 15 is 0 Å². The van der Waals surface area contributed by atoms with E-state index in [1.54, 1.807) is 24.3 Å². The van der Waals surface area contributed by atoms with Crippen LogP contribution >= 0.6 is 15.9 Å². The van der Waals surface area contributed by atoms with Gasteiger partial charge in [0.25, 0.3) is 0 Å². The van der Waals surface area contributed by atoms with Crippen molar-refractivity contribution in [3.05, 3.63) is 28.7 Å². The maximum Gasteiger partial charge on any atom is 0.133 e. The highest BCUT2D eigenvalue weighted by molar-refractivity contribution is 9.10. The minimum atomic E-state index is -2.39. The van der Waals surface area contributed by atoms with Gasteiger partial charge < -0.3 is 4.74 Å². The van der Waals surface area contributed by atoms with Crippen molar-refractivity contribution in [2.24, 2.45) is 0 Å². The van der Waals surface area contributed by atoms with Gasteiger partial charge in [-0.2, -0.15) is 0 Å². The molecule has 0 unspecified atom stereocenters. The maximum atomic E-state index is 6.86. The zero-order chi connectivity index (χ0) is 9.19. The van der Waals surface area contributed by atoms with Crippen LogP contribution in [-0.2, 0) is 0 Å². The quantitative estimate of drug-likeness (QED) is 0.619. The molecule has 0 aliphatic rings. The highest BCUT2D eigenvalue weighted by Crippen LogP contribution is 2.22. The van der Waals surface area contributed by atoms with Crippen molar-refractivity contribution in [2.45, 2.75) is 0 Å². The number of halogens is 1. The van der Waals surface area contributed by atoms with Crippen molar-refractivity contribution in [3.8, 4) is 5.75 Å². The van der Waals surface area contributed by atoms with E-state index in [-0.39, 0.29) is 0 Å². The van der Waals surface area contributed by atoms with Crippen molar-refractivity contribution >= 4 is 15.9 Å². The first-order valence-electron chi connectivity index (χ1n) is 3.92. The number of rotatable bonds is 1. The zero-order valence-corrected chi connectivity index (χ0v) is 6.18. The first-order chi connectivity index (χ1) is 5.49. The summed E-state index contributed by atoms with van der Waals surface area (Å²) in [5.41, 5.74) is 0. The number of benzene rings is 1. The number of methoxy groups -OCH3 is 1. The second kappa shape index (κ2) is 2.87. The molecule has 1 nitrogen and oxygen atoms in total. The minimum Gasteiger partial charge on any atom is -0.496 e. The van der Waals surface area contributed by atoms with Crippen molar-refractivity contribution in [3.63, 3.8) is 0 Å². The topological polar surface area (TPSA) is 9.23 Å². The molecule has 0 heterocycles. The molecule has 0 aliphatic heterocycles. The van der Waals surface area contributed by atoms with Crippen LogP contribution in [0.4, 0.5) is 0 Å². The molecule has 0 spiro atoms. The predicted octanol–water partition coefficient (Wildman–Crippen LogP) is 2.46. The van der Waals surface area contributed by atoms with Crippen molar-refractivity contribution in [1.82, 2.24) is 0 Å². The Morgan fingerprint density at radius 3 is 3.00 bits per heavy atom. The Bertz CT molecular complexity index is 272. The first kappa shape index (κ1) is 3.62. The van der Waals surface area contributed by atoms with Crippen LogP contribution in [0.15, 0.2) is 28.7 Å². The molecule has 0 saturated carbocycles. The molecule has 0 aliphatic carbocycles. The van der Waals surface area contributed by atoms with Gasteiger partial charge in [-0.05, 0) is 28.1 Å². The Hall–Kier alpha value is -0.500. The normalized spacial score (nSPS) is 15.4. The maximum absolute atomic E-state index is 6.86. The predicted molar refractivity (Wildman–Crippen MR) is 40.7 cm³/mol. The third-order valence-corrected chi connectivity index (χ3v) is 1.60. The van der Waals surface area contributed by atoms with Crippen LogP contribution < -0.4 is 4.74 Å². The molecule has 0 aromatic heterocycles. The smallest absolute Gasteiger partial charge is 0.133 e. The van der Waals surface area contributed by atoms with Crippen LogP contribution in [0.3, 0.4) is 0 Å². The van der Waals surface area contributed by atoms with Crippen LogP contribution in [0.1, 0.15) is 4.11 Å². The van der Waals surface area contributed by atoms with Gasteiger partial charge >= 0.3 is 0 Å². The number of hydrogen-bond donors (Lipinski definition) is 0. The lowest BCUT2D eigenvalue weighted by Gasteiger charge is -1.99. The van der Waals surface area contributed by atoms with Crippen LogP contribution in [0.5, 0.6) is 5.75 Å². The molecule has 0 fully saturated rings. The van der Waals surface area contributed by atoms with Gasteiger partial charge in [-0.3, -0.25) is 0 Å². The molecular formula is C7H7BrO. The summed E-state index contributed by atoms with van der Waals surface area (Å²) in [5.74, 6) is 0.331. The summed E-state index contributed by atoms with van der Waals surface area (Å²) in [6, 6.07) is 6.82. The molecule has 0 radical (unpaired) electrons. The van der Waals surface area contributed by atoms with E-state index < -0.39 is 7.04 Å². The van der Waals surface area contributed by atoms with E-state index in [9.17, 15) is 0 Å². The highest BCUT2D eigenvalue weighted by atomic mass is 79.9. The van der Waals surface area contributed by atoms with E-state index in [0.717, 1.165) is 0 Å². The highest BCUT2D eigenvalue weighted by Gasteiger charge is 1.92. The molecule has 0 N–H and O–H groups in total. The average molecular weight is 191 g/mol. The molecule has 2 heteroatoms. The largest absolute Gasteiger partial charge is 0.496 e. The molecule has 1 aromatic rings. The third-order valence-electron chi connectivity index (χ3n) is 0.947. The molecule has 1 aromatic carbocycles. The Morgan fingerprint density at radius 2 is 2.33 bits per heavy atom. The first-order valence-corrected chi connectivity index (χ1v) is 3.22.